The van der Waals surface area contributed by atoms with Crippen molar-refractivity contribution in [1.29, 1.82) is 0 Å². The zero-order chi connectivity index (χ0) is 13.8. The average molecular weight is 293 g/mol. The van der Waals surface area contributed by atoms with Crippen LogP contribution in [0.2, 0.25) is 0 Å². The predicted octanol–water partition coefficient (Wildman–Crippen LogP) is 1.01. The highest BCUT2D eigenvalue weighted by atomic mass is 32.2. The van der Waals surface area contributed by atoms with E-state index in [0.29, 0.717) is 6.61 Å². The van der Waals surface area contributed by atoms with Gasteiger partial charge in [0.2, 0.25) is 10.0 Å². The maximum atomic E-state index is 11.8. The molecule has 0 aromatic carbocycles. The van der Waals surface area contributed by atoms with Gasteiger partial charge in [-0.3, -0.25) is 0 Å². The largest absolute Gasteiger partial charge is 0.477 e. The van der Waals surface area contributed by atoms with Crippen LogP contribution in [-0.4, -0.2) is 39.8 Å². The smallest absolute Gasteiger partial charge is 0.345 e. The lowest BCUT2D eigenvalue weighted by molar-refractivity contribution is 0.0702. The van der Waals surface area contributed by atoms with Gasteiger partial charge in [0.05, 0.1) is 4.90 Å². The third kappa shape index (κ3) is 4.05. The Kier molecular flexibility index (Phi) is 5.27. The van der Waals surface area contributed by atoms with Gasteiger partial charge in [0.25, 0.3) is 0 Å². The number of ether oxygens (including phenoxy) is 1. The van der Waals surface area contributed by atoms with Crippen molar-refractivity contribution < 1.29 is 23.1 Å². The van der Waals surface area contributed by atoms with E-state index < -0.39 is 16.0 Å². The first-order valence-electron chi connectivity index (χ1n) is 5.17. The van der Waals surface area contributed by atoms with Crippen LogP contribution < -0.4 is 4.72 Å². The van der Waals surface area contributed by atoms with Gasteiger partial charge in [-0.05, 0) is 12.0 Å². The monoisotopic (exact) mass is 293 g/mol. The molecular weight excluding hydrogens is 278 g/mol. The van der Waals surface area contributed by atoms with Gasteiger partial charge < -0.3 is 9.84 Å². The van der Waals surface area contributed by atoms with E-state index in [1.807, 2.05) is 6.92 Å². The van der Waals surface area contributed by atoms with Gasteiger partial charge in [-0.2, -0.15) is 0 Å². The molecule has 0 amide bonds. The molecule has 0 radical (unpaired) electrons. The molecule has 0 spiro atoms. The molecular formula is C10H15NO5S2. The summed E-state index contributed by atoms with van der Waals surface area (Å²) in [6, 6.07) is 1.15. The molecule has 0 saturated heterocycles. The molecule has 6 nitrogen and oxygen atoms in total. The molecule has 1 atom stereocenters. The standard InChI is InChI=1S/C10H15NO5S2/c1-7(5-16-2)4-11-18(14,15)8-3-9(10(12)13)17-6-8/h3,6-7,11H,4-5H2,1-2H3,(H,12,13). The van der Waals surface area contributed by atoms with Gasteiger partial charge >= 0.3 is 5.97 Å². The van der Waals surface area contributed by atoms with E-state index in [0.717, 1.165) is 17.4 Å². The molecule has 102 valence electrons. The van der Waals surface area contributed by atoms with Crippen LogP contribution in [0.15, 0.2) is 16.3 Å². The minimum absolute atomic E-state index is 0.000292. The molecule has 0 bridgehead atoms. The molecule has 1 rings (SSSR count). The first-order chi connectivity index (χ1) is 8.36. The zero-order valence-electron chi connectivity index (χ0n) is 10.0. The van der Waals surface area contributed by atoms with Gasteiger partial charge in [-0.25, -0.2) is 17.9 Å². The zero-order valence-corrected chi connectivity index (χ0v) is 11.7. The van der Waals surface area contributed by atoms with E-state index >= 15 is 0 Å². The van der Waals surface area contributed by atoms with E-state index in [9.17, 15) is 13.2 Å². The summed E-state index contributed by atoms with van der Waals surface area (Å²) in [4.78, 5) is 10.7. The van der Waals surface area contributed by atoms with Gasteiger partial charge in [-0.1, -0.05) is 6.92 Å². The molecule has 18 heavy (non-hydrogen) atoms. The molecule has 0 fully saturated rings. The minimum Gasteiger partial charge on any atom is -0.477 e. The molecule has 0 aliphatic heterocycles. The summed E-state index contributed by atoms with van der Waals surface area (Å²) in [5, 5.41) is 10.0. The number of aromatic carboxylic acids is 1. The molecule has 1 aromatic heterocycles. The molecule has 0 aliphatic rings. The number of thiophene rings is 1. The lowest BCUT2D eigenvalue weighted by atomic mass is 10.2. The van der Waals surface area contributed by atoms with E-state index in [4.69, 9.17) is 9.84 Å². The number of hydrogen-bond donors (Lipinski definition) is 2. The first-order valence-corrected chi connectivity index (χ1v) is 7.53. The van der Waals surface area contributed by atoms with Crippen LogP contribution >= 0.6 is 11.3 Å². The fourth-order valence-corrected chi connectivity index (χ4v) is 3.53. The molecule has 1 heterocycles. The Labute approximate surface area is 110 Å². The predicted molar refractivity (Wildman–Crippen MR) is 67.5 cm³/mol. The van der Waals surface area contributed by atoms with Gasteiger partial charge in [0, 0.05) is 25.6 Å². The van der Waals surface area contributed by atoms with Crippen molar-refractivity contribution in [3.8, 4) is 0 Å². The van der Waals surface area contributed by atoms with Crippen molar-refractivity contribution in [1.82, 2.24) is 4.72 Å². The van der Waals surface area contributed by atoms with Crippen molar-refractivity contribution in [2.24, 2.45) is 5.92 Å². The molecule has 1 unspecified atom stereocenters. The maximum Gasteiger partial charge on any atom is 0.345 e. The van der Waals surface area contributed by atoms with Gasteiger partial charge in [0.15, 0.2) is 0 Å². The Bertz CT molecular complexity index is 508. The number of methoxy groups -OCH3 is 1. The van der Waals surface area contributed by atoms with Crippen LogP contribution in [0.5, 0.6) is 0 Å². The SMILES string of the molecule is COCC(C)CNS(=O)(=O)c1csc(C(=O)O)c1. The third-order valence-corrected chi connectivity index (χ3v) is 4.64. The summed E-state index contributed by atoms with van der Waals surface area (Å²) in [5.74, 6) is -1.09. The molecule has 0 saturated carbocycles. The number of carboxylic acid groups (broad SMARTS) is 1. The van der Waals surface area contributed by atoms with Crippen molar-refractivity contribution in [2.45, 2.75) is 11.8 Å². The number of hydrogen-bond acceptors (Lipinski definition) is 5. The van der Waals surface area contributed by atoms with Crippen molar-refractivity contribution in [2.75, 3.05) is 20.3 Å². The second kappa shape index (κ2) is 6.28. The summed E-state index contributed by atoms with van der Waals surface area (Å²) in [5.41, 5.74) is 0. The Morgan fingerprint density at radius 2 is 2.28 bits per heavy atom. The summed E-state index contributed by atoms with van der Waals surface area (Å²) < 4.78 is 31.0. The topological polar surface area (TPSA) is 92.7 Å². The van der Waals surface area contributed by atoms with Gasteiger partial charge in [0.1, 0.15) is 4.88 Å². The van der Waals surface area contributed by atoms with Crippen molar-refractivity contribution in [3.63, 3.8) is 0 Å². The van der Waals surface area contributed by atoms with Crippen molar-refractivity contribution >= 4 is 27.3 Å². The number of nitrogens with one attached hydrogen (secondary N) is 1. The van der Waals surface area contributed by atoms with Crippen LogP contribution in [0.4, 0.5) is 0 Å². The number of carboxylic acids is 1. The number of carbonyl (C=O) groups is 1. The maximum absolute atomic E-state index is 11.8. The van der Waals surface area contributed by atoms with Gasteiger partial charge in [-0.15, -0.1) is 11.3 Å². The molecule has 1 aromatic rings. The fourth-order valence-electron chi connectivity index (χ4n) is 1.25. The summed E-state index contributed by atoms with van der Waals surface area (Å²) in [6.07, 6.45) is 0. The second-order valence-corrected chi connectivity index (χ2v) is 6.54. The van der Waals surface area contributed by atoms with E-state index in [1.54, 1.807) is 7.11 Å². The second-order valence-electron chi connectivity index (χ2n) is 3.86. The van der Waals surface area contributed by atoms with Crippen LogP contribution in [0.25, 0.3) is 0 Å². The lowest BCUT2D eigenvalue weighted by Crippen LogP contribution is -2.29. The van der Waals surface area contributed by atoms with Crippen LogP contribution in [-0.2, 0) is 14.8 Å². The highest BCUT2D eigenvalue weighted by Crippen LogP contribution is 2.19. The third-order valence-electron chi connectivity index (χ3n) is 2.17. The Morgan fingerprint density at radius 3 is 2.78 bits per heavy atom. The number of sulfonamides is 1. The lowest BCUT2D eigenvalue weighted by Gasteiger charge is -2.11. The first kappa shape index (κ1) is 15.1. The van der Waals surface area contributed by atoms with Crippen LogP contribution in [0.1, 0.15) is 16.6 Å². The van der Waals surface area contributed by atoms with Crippen LogP contribution in [0.3, 0.4) is 0 Å². The molecule has 2 N–H and O–H groups in total. The van der Waals surface area contributed by atoms with E-state index in [2.05, 4.69) is 4.72 Å². The highest BCUT2D eigenvalue weighted by Gasteiger charge is 2.19. The average Bonchev–Trinajstić information content (AvgIpc) is 2.77. The Balaban J connectivity index is 2.71. The normalized spacial score (nSPS) is 13.4. The minimum atomic E-state index is -3.64. The number of rotatable bonds is 7. The fraction of sp³-hybridized carbons (Fsp3) is 0.500. The Morgan fingerprint density at radius 1 is 1.61 bits per heavy atom. The highest BCUT2D eigenvalue weighted by molar-refractivity contribution is 7.89. The van der Waals surface area contributed by atoms with Crippen molar-refractivity contribution in [3.05, 3.63) is 16.3 Å². The summed E-state index contributed by atoms with van der Waals surface area (Å²) >= 11 is 0.886. The summed E-state index contributed by atoms with van der Waals surface area (Å²) in [6.45, 7) is 2.54. The summed E-state index contributed by atoms with van der Waals surface area (Å²) in [7, 11) is -2.10. The molecule has 8 heteroatoms. The Hall–Kier alpha value is -0.960. The van der Waals surface area contributed by atoms with E-state index in [-0.39, 0.29) is 22.2 Å². The van der Waals surface area contributed by atoms with E-state index in [1.165, 1.54) is 5.38 Å². The van der Waals surface area contributed by atoms with Crippen LogP contribution in [0, 0.1) is 5.92 Å². The quantitative estimate of drug-likeness (QED) is 0.782. The molecule has 0 aliphatic carbocycles.